The Labute approximate surface area is 289 Å². The summed E-state index contributed by atoms with van der Waals surface area (Å²) in [5.74, 6) is 0.812. The van der Waals surface area contributed by atoms with Crippen molar-refractivity contribution in [1.29, 1.82) is 0 Å². The molecule has 1 unspecified atom stereocenters. The number of nitrogens with zero attached hydrogens (tertiary/aromatic N) is 2. The van der Waals surface area contributed by atoms with Gasteiger partial charge in [-0.1, -0.05) is 52.7 Å². The van der Waals surface area contributed by atoms with Crippen molar-refractivity contribution in [2.24, 2.45) is 5.16 Å². The molecule has 0 spiro atoms. The van der Waals surface area contributed by atoms with Crippen molar-refractivity contribution in [3.05, 3.63) is 131 Å². The summed E-state index contributed by atoms with van der Waals surface area (Å²) in [6.07, 6.45) is 3.26. The maximum atomic E-state index is 13.2. The first kappa shape index (κ1) is 34.7. The van der Waals surface area contributed by atoms with Crippen LogP contribution < -0.4 is 4.74 Å². The Morgan fingerprint density at radius 1 is 0.979 bits per heavy atom. The number of oxime groups is 1. The third-order valence-electron chi connectivity index (χ3n) is 7.86. The van der Waals surface area contributed by atoms with Gasteiger partial charge in [-0.15, -0.1) is 18.3 Å². The molecule has 0 radical (unpaired) electrons. The molecule has 0 fully saturated rings. The lowest BCUT2D eigenvalue weighted by Gasteiger charge is -2.14. The molecule has 0 saturated carbocycles. The second-order valence-corrected chi connectivity index (χ2v) is 12.8. The molecule has 0 amide bonds. The van der Waals surface area contributed by atoms with Crippen LogP contribution >= 0.6 is 23.4 Å². The van der Waals surface area contributed by atoms with E-state index in [0.717, 1.165) is 51.7 Å². The number of aliphatic hydroxyl groups excluding tert-OH is 1. The summed E-state index contributed by atoms with van der Waals surface area (Å²) in [6, 6.07) is 27.5. The van der Waals surface area contributed by atoms with Crippen LogP contribution in [0.3, 0.4) is 0 Å². The van der Waals surface area contributed by atoms with Gasteiger partial charge in [0.05, 0.1) is 5.71 Å². The lowest BCUT2D eigenvalue weighted by molar-refractivity contribution is 0.0999. The number of ether oxygens (including phenoxy) is 1. The normalized spacial score (nSPS) is 12.7. The zero-order valence-corrected chi connectivity index (χ0v) is 28.5. The van der Waals surface area contributed by atoms with Crippen LogP contribution in [0.5, 0.6) is 5.75 Å². The van der Waals surface area contributed by atoms with Gasteiger partial charge in [0.2, 0.25) is 0 Å². The minimum absolute atomic E-state index is 0.0563. The number of aliphatic hydroxyl groups is 1. The fourth-order valence-electron chi connectivity index (χ4n) is 5.42. The predicted octanol–water partition coefficient (Wildman–Crippen LogP) is 10.4. The van der Waals surface area contributed by atoms with Gasteiger partial charge in [0.15, 0.2) is 5.78 Å². The molecule has 0 aliphatic carbocycles. The largest absolute Gasteiger partial charge is 0.540 e. The molecular weight excluding hydrogens is 644 g/mol. The molecule has 5 aromatic rings. The van der Waals surface area contributed by atoms with Crippen LogP contribution in [0.4, 0.5) is 4.79 Å². The summed E-state index contributed by atoms with van der Waals surface area (Å²) < 4.78 is 7.40. The van der Waals surface area contributed by atoms with Crippen LogP contribution in [0, 0.1) is 0 Å². The lowest BCUT2D eigenvalue weighted by Crippen LogP contribution is -2.16. The first-order chi connectivity index (χ1) is 23.3. The molecule has 0 aliphatic heterocycles. The summed E-state index contributed by atoms with van der Waals surface area (Å²) in [5, 5.41) is 18.2. The van der Waals surface area contributed by atoms with E-state index < -0.39 is 12.3 Å². The molecule has 1 aromatic heterocycles. The van der Waals surface area contributed by atoms with Crippen LogP contribution in [0.25, 0.3) is 21.8 Å². The number of ketones is 1. The number of aromatic nitrogens is 1. The van der Waals surface area contributed by atoms with Crippen LogP contribution in [0.1, 0.15) is 55.1 Å². The number of aryl methyl sites for hydroxylation is 1. The van der Waals surface area contributed by atoms with Crippen LogP contribution in [0.2, 0.25) is 5.02 Å². The molecule has 9 heteroatoms. The van der Waals surface area contributed by atoms with Gasteiger partial charge in [-0.3, -0.25) is 9.63 Å². The van der Waals surface area contributed by atoms with Gasteiger partial charge in [-0.2, -0.15) is 0 Å². The number of para-hydroxylation sites is 1. The third kappa shape index (κ3) is 8.63. The van der Waals surface area contributed by atoms with Gasteiger partial charge in [-0.05, 0) is 105 Å². The molecule has 246 valence electrons. The molecule has 1 N–H and O–H groups in total. The predicted molar refractivity (Wildman–Crippen MR) is 195 cm³/mol. The average Bonchev–Trinajstić information content (AvgIpc) is 3.41. The topological polar surface area (TPSA) is 90.1 Å². The number of halogens is 1. The zero-order valence-electron chi connectivity index (χ0n) is 26.9. The van der Waals surface area contributed by atoms with Crippen molar-refractivity contribution in [1.82, 2.24) is 4.57 Å². The summed E-state index contributed by atoms with van der Waals surface area (Å²) in [7, 11) is 0. The van der Waals surface area contributed by atoms with Gasteiger partial charge in [-0.25, -0.2) is 4.79 Å². The molecule has 0 saturated heterocycles. The maximum absolute atomic E-state index is 13.2. The van der Waals surface area contributed by atoms with E-state index in [1.165, 1.54) is 0 Å². The molecule has 48 heavy (non-hydrogen) atoms. The van der Waals surface area contributed by atoms with Crippen molar-refractivity contribution in [2.75, 3.05) is 5.75 Å². The number of carbonyl (C=O) groups is 2. The van der Waals surface area contributed by atoms with E-state index in [1.807, 2.05) is 73.7 Å². The molecule has 0 bridgehead atoms. The monoisotopic (exact) mass is 680 g/mol. The summed E-state index contributed by atoms with van der Waals surface area (Å²) in [6.45, 7) is 8.51. The van der Waals surface area contributed by atoms with E-state index >= 15 is 0 Å². The highest BCUT2D eigenvalue weighted by molar-refractivity contribution is 7.99. The number of hydrogen-bond acceptors (Lipinski definition) is 7. The average molecular weight is 681 g/mol. The van der Waals surface area contributed by atoms with E-state index in [1.54, 1.807) is 48.2 Å². The van der Waals surface area contributed by atoms with Crippen molar-refractivity contribution >= 4 is 62.8 Å². The van der Waals surface area contributed by atoms with E-state index in [-0.39, 0.29) is 11.5 Å². The van der Waals surface area contributed by atoms with Crippen molar-refractivity contribution in [2.45, 2.75) is 50.7 Å². The van der Waals surface area contributed by atoms with E-state index in [2.05, 4.69) is 23.2 Å². The Kier molecular flexibility index (Phi) is 11.9. The van der Waals surface area contributed by atoms with Gasteiger partial charge >= 0.3 is 6.16 Å². The molecule has 4 aromatic carbocycles. The molecule has 0 aliphatic rings. The number of benzene rings is 4. The quantitative estimate of drug-likeness (QED) is 0.0144. The van der Waals surface area contributed by atoms with Crippen LogP contribution in [0.15, 0.2) is 125 Å². The Hall–Kier alpha value is -4.63. The fourth-order valence-corrected chi connectivity index (χ4v) is 6.42. The van der Waals surface area contributed by atoms with Crippen LogP contribution in [-0.2, 0) is 11.4 Å². The minimum atomic E-state index is -1.18. The highest BCUT2D eigenvalue weighted by atomic mass is 35.5. The van der Waals surface area contributed by atoms with E-state index in [4.69, 9.17) is 21.2 Å². The van der Waals surface area contributed by atoms with E-state index in [0.29, 0.717) is 34.1 Å². The number of thioether (sulfide) groups is 1. The Balaban J connectivity index is 1.45. The maximum Gasteiger partial charge on any atom is 0.540 e. The third-order valence-corrected chi connectivity index (χ3v) is 9.13. The Morgan fingerprint density at radius 3 is 2.40 bits per heavy atom. The number of hydrogen-bond donors (Lipinski definition) is 1. The first-order valence-corrected chi connectivity index (χ1v) is 17.1. The fraction of sp³-hybridized carbons (Fsp3) is 0.205. The number of fused-ring (bicyclic) bond motifs is 3. The summed E-state index contributed by atoms with van der Waals surface area (Å²) in [5.41, 5.74) is 4.39. The molecule has 1 atom stereocenters. The molecule has 5 rings (SSSR count). The lowest BCUT2D eigenvalue weighted by atomic mass is 9.99. The highest BCUT2D eigenvalue weighted by Gasteiger charge is 2.21. The first-order valence-electron chi connectivity index (χ1n) is 15.7. The van der Waals surface area contributed by atoms with Crippen LogP contribution in [-0.4, -0.2) is 33.1 Å². The summed E-state index contributed by atoms with van der Waals surface area (Å²) >= 11 is 7.60. The second-order valence-electron chi connectivity index (χ2n) is 11.2. The number of carbonyl (C=O) groups excluding carboxylic acids is 2. The second kappa shape index (κ2) is 16.5. The minimum Gasteiger partial charge on any atom is -0.393 e. The molecular formula is C39H37ClN2O5S. The van der Waals surface area contributed by atoms with E-state index in [9.17, 15) is 14.7 Å². The standard InChI is InChI=1S/C39H37ClN2O5S/c1-4-6-10-26(3)23-37(43)27-13-19-35-32(24-27)33-25-28(14-20-36(33)42(35)5-2)38(44)34(21-22-48-31-17-15-29(40)16-18-31)41-47-39(45)46-30-11-8-7-9-12-30/h4,7-9,11-20,23-25,38,44H,1,5-6,10,21-22H2,2-3H3/b26-23+,41-34+. The number of allylic oxidation sites excluding steroid dienone is 3. The Morgan fingerprint density at radius 2 is 1.69 bits per heavy atom. The van der Waals surface area contributed by atoms with Gasteiger partial charge in [0.25, 0.3) is 0 Å². The van der Waals surface area contributed by atoms with Crippen molar-refractivity contribution in [3.63, 3.8) is 0 Å². The smallest absolute Gasteiger partial charge is 0.393 e. The number of rotatable bonds is 14. The molecule has 7 nitrogen and oxygen atoms in total. The Bertz CT molecular complexity index is 1980. The van der Waals surface area contributed by atoms with Gasteiger partial charge < -0.3 is 14.4 Å². The van der Waals surface area contributed by atoms with Gasteiger partial charge in [0.1, 0.15) is 11.9 Å². The summed E-state index contributed by atoms with van der Waals surface area (Å²) in [4.78, 5) is 31.8. The SMILES string of the molecule is C=CCC/C(C)=C/C(=O)c1ccc2c(c1)c1cc(C(O)/C(CCSc3ccc(Cl)cc3)=N/OC(=O)Oc3ccccc3)ccc1n2CC. The zero-order chi connectivity index (χ0) is 34.0. The van der Waals surface area contributed by atoms with Gasteiger partial charge in [0, 0.05) is 56.0 Å². The van der Waals surface area contributed by atoms with Crippen molar-refractivity contribution in [3.8, 4) is 5.75 Å². The highest BCUT2D eigenvalue weighted by Crippen LogP contribution is 2.33. The van der Waals surface area contributed by atoms with Crippen molar-refractivity contribution < 1.29 is 24.3 Å². The molecule has 1 heterocycles.